The van der Waals surface area contributed by atoms with Gasteiger partial charge in [0.05, 0.1) is 18.1 Å². The topological polar surface area (TPSA) is 48.1 Å². The zero-order chi connectivity index (χ0) is 12.4. The lowest BCUT2D eigenvalue weighted by Crippen LogP contribution is -1.90. The van der Waals surface area contributed by atoms with Gasteiger partial charge in [-0.1, -0.05) is 36.4 Å². The second-order valence-electron chi connectivity index (χ2n) is 4.03. The van der Waals surface area contributed by atoms with Gasteiger partial charge in [0.2, 0.25) is 0 Å². The Labute approximate surface area is 105 Å². The van der Waals surface area contributed by atoms with Gasteiger partial charge in [-0.25, -0.2) is 0 Å². The molecular formula is C15H12N2O. The smallest absolute Gasteiger partial charge is 0.147 e. The third-order valence-electron chi connectivity index (χ3n) is 2.71. The van der Waals surface area contributed by atoms with Gasteiger partial charge in [0.15, 0.2) is 0 Å². The van der Waals surface area contributed by atoms with Crippen molar-refractivity contribution < 1.29 is 4.74 Å². The van der Waals surface area contributed by atoms with Crippen LogP contribution in [0.25, 0.3) is 10.8 Å². The van der Waals surface area contributed by atoms with Crippen molar-refractivity contribution in [1.82, 2.24) is 4.98 Å². The van der Waals surface area contributed by atoms with Gasteiger partial charge in [-0.3, -0.25) is 4.98 Å². The highest BCUT2D eigenvalue weighted by Crippen LogP contribution is 2.29. The lowest BCUT2D eigenvalue weighted by molar-refractivity contribution is 0.486. The van der Waals surface area contributed by atoms with Crippen LogP contribution in [0.1, 0.15) is 0 Å². The molecule has 0 unspecified atom stereocenters. The monoisotopic (exact) mass is 236 g/mol. The first-order chi connectivity index (χ1) is 8.83. The molecule has 0 saturated carbocycles. The van der Waals surface area contributed by atoms with Gasteiger partial charge in [-0.2, -0.15) is 0 Å². The standard InChI is InChI=1S/C15H12N2O/c16-12-8-13(10-17-9-12)18-15-7-3-5-11-4-1-2-6-14(11)15/h1-10H,16H2. The van der Waals surface area contributed by atoms with Crippen LogP contribution < -0.4 is 10.5 Å². The first-order valence-electron chi connectivity index (χ1n) is 5.69. The molecule has 0 aliphatic heterocycles. The molecule has 0 aliphatic carbocycles. The van der Waals surface area contributed by atoms with Gasteiger partial charge in [-0.05, 0) is 11.5 Å². The number of anilines is 1. The fourth-order valence-corrected chi connectivity index (χ4v) is 1.90. The van der Waals surface area contributed by atoms with E-state index in [1.165, 1.54) is 0 Å². The molecule has 1 aromatic heterocycles. The molecule has 0 radical (unpaired) electrons. The number of hydrogen-bond donors (Lipinski definition) is 1. The average Bonchev–Trinajstić information content (AvgIpc) is 2.39. The van der Waals surface area contributed by atoms with E-state index in [1.54, 1.807) is 18.5 Å². The summed E-state index contributed by atoms with van der Waals surface area (Å²) in [6.45, 7) is 0. The molecule has 88 valence electrons. The van der Waals surface area contributed by atoms with Gasteiger partial charge in [0.25, 0.3) is 0 Å². The molecule has 18 heavy (non-hydrogen) atoms. The van der Waals surface area contributed by atoms with Crippen molar-refractivity contribution in [3.63, 3.8) is 0 Å². The molecular weight excluding hydrogens is 224 g/mol. The van der Waals surface area contributed by atoms with Crippen molar-refractivity contribution in [2.24, 2.45) is 0 Å². The summed E-state index contributed by atoms with van der Waals surface area (Å²) in [5, 5.41) is 2.22. The van der Waals surface area contributed by atoms with Gasteiger partial charge in [0.1, 0.15) is 11.5 Å². The fourth-order valence-electron chi connectivity index (χ4n) is 1.90. The molecule has 2 aromatic carbocycles. The zero-order valence-electron chi connectivity index (χ0n) is 9.71. The van der Waals surface area contributed by atoms with Crippen LogP contribution in [0.5, 0.6) is 11.5 Å². The van der Waals surface area contributed by atoms with E-state index in [9.17, 15) is 0 Å². The van der Waals surface area contributed by atoms with Crippen molar-refractivity contribution >= 4 is 16.5 Å². The number of benzene rings is 2. The van der Waals surface area contributed by atoms with Gasteiger partial charge in [-0.15, -0.1) is 0 Å². The summed E-state index contributed by atoms with van der Waals surface area (Å²) in [5.74, 6) is 1.45. The largest absolute Gasteiger partial charge is 0.455 e. The lowest BCUT2D eigenvalue weighted by Gasteiger charge is -2.08. The van der Waals surface area contributed by atoms with Gasteiger partial charge < -0.3 is 10.5 Å². The number of ether oxygens (including phenoxy) is 1. The molecule has 0 bridgehead atoms. The molecule has 1 heterocycles. The number of aromatic nitrogens is 1. The van der Waals surface area contributed by atoms with Crippen LogP contribution >= 0.6 is 0 Å². The number of nitrogen functional groups attached to an aromatic ring is 1. The molecule has 3 rings (SSSR count). The van der Waals surface area contributed by atoms with E-state index in [0.29, 0.717) is 11.4 Å². The Balaban J connectivity index is 2.05. The summed E-state index contributed by atoms with van der Waals surface area (Å²) in [5.41, 5.74) is 6.27. The molecule has 3 aromatic rings. The maximum absolute atomic E-state index is 5.83. The second-order valence-corrected chi connectivity index (χ2v) is 4.03. The summed E-state index contributed by atoms with van der Waals surface area (Å²) in [6, 6.07) is 15.8. The molecule has 0 amide bonds. The zero-order valence-corrected chi connectivity index (χ0v) is 9.71. The second kappa shape index (κ2) is 4.37. The van der Waals surface area contributed by atoms with E-state index in [4.69, 9.17) is 10.5 Å². The van der Waals surface area contributed by atoms with E-state index >= 15 is 0 Å². The minimum Gasteiger partial charge on any atom is -0.455 e. The third-order valence-corrected chi connectivity index (χ3v) is 2.71. The van der Waals surface area contributed by atoms with Crippen LogP contribution in [0.15, 0.2) is 60.9 Å². The quantitative estimate of drug-likeness (QED) is 0.739. The van der Waals surface area contributed by atoms with Crippen LogP contribution in [-0.2, 0) is 0 Å². The number of fused-ring (bicyclic) bond motifs is 1. The highest BCUT2D eigenvalue weighted by molar-refractivity contribution is 5.88. The molecule has 0 spiro atoms. The van der Waals surface area contributed by atoms with Crippen LogP contribution in [0.2, 0.25) is 0 Å². The Bertz CT molecular complexity index is 689. The highest BCUT2D eigenvalue weighted by atomic mass is 16.5. The first kappa shape index (κ1) is 10.6. The van der Waals surface area contributed by atoms with Crippen LogP contribution in [-0.4, -0.2) is 4.98 Å². The molecule has 0 atom stereocenters. The normalized spacial score (nSPS) is 10.4. The highest BCUT2D eigenvalue weighted by Gasteiger charge is 2.03. The summed E-state index contributed by atoms with van der Waals surface area (Å²) in [7, 11) is 0. The summed E-state index contributed by atoms with van der Waals surface area (Å²) in [6.07, 6.45) is 3.24. The molecule has 0 saturated heterocycles. The predicted molar refractivity (Wildman–Crippen MR) is 72.7 cm³/mol. The number of pyridine rings is 1. The van der Waals surface area contributed by atoms with E-state index < -0.39 is 0 Å². The Kier molecular flexibility index (Phi) is 2.57. The van der Waals surface area contributed by atoms with Crippen LogP contribution in [0, 0.1) is 0 Å². The third kappa shape index (κ3) is 1.98. The average molecular weight is 236 g/mol. The Morgan fingerprint density at radius 2 is 1.78 bits per heavy atom. The summed E-state index contributed by atoms with van der Waals surface area (Å²) < 4.78 is 5.83. The minimum atomic E-state index is 0.590. The lowest BCUT2D eigenvalue weighted by atomic mass is 10.1. The SMILES string of the molecule is Nc1cncc(Oc2cccc3ccccc23)c1. The van der Waals surface area contributed by atoms with Crippen molar-refractivity contribution in [2.45, 2.75) is 0 Å². The van der Waals surface area contributed by atoms with Crippen molar-refractivity contribution in [3.8, 4) is 11.5 Å². The Hall–Kier alpha value is -2.55. The van der Waals surface area contributed by atoms with E-state index in [1.807, 2.05) is 30.3 Å². The maximum Gasteiger partial charge on any atom is 0.147 e. The molecule has 0 aliphatic rings. The molecule has 3 nitrogen and oxygen atoms in total. The molecule has 0 fully saturated rings. The van der Waals surface area contributed by atoms with Crippen LogP contribution in [0.3, 0.4) is 0 Å². The van der Waals surface area contributed by atoms with Gasteiger partial charge in [0, 0.05) is 11.5 Å². The van der Waals surface area contributed by atoms with Crippen LogP contribution in [0.4, 0.5) is 5.69 Å². The fraction of sp³-hybridized carbons (Fsp3) is 0. The number of nitrogens with two attached hydrogens (primary N) is 1. The Morgan fingerprint density at radius 3 is 2.67 bits per heavy atom. The van der Waals surface area contributed by atoms with Gasteiger partial charge >= 0.3 is 0 Å². The maximum atomic E-state index is 5.83. The first-order valence-corrected chi connectivity index (χ1v) is 5.69. The number of nitrogens with zero attached hydrogens (tertiary/aromatic N) is 1. The molecule has 3 heteroatoms. The summed E-state index contributed by atoms with van der Waals surface area (Å²) >= 11 is 0. The molecule has 2 N–H and O–H groups in total. The van der Waals surface area contributed by atoms with E-state index in [2.05, 4.69) is 17.1 Å². The predicted octanol–water partition coefficient (Wildman–Crippen LogP) is 3.61. The van der Waals surface area contributed by atoms with E-state index in [0.717, 1.165) is 16.5 Å². The van der Waals surface area contributed by atoms with Crippen molar-refractivity contribution in [3.05, 3.63) is 60.9 Å². The number of hydrogen-bond acceptors (Lipinski definition) is 3. The van der Waals surface area contributed by atoms with Crippen molar-refractivity contribution in [1.29, 1.82) is 0 Å². The summed E-state index contributed by atoms with van der Waals surface area (Å²) in [4.78, 5) is 4.01. The number of rotatable bonds is 2. The Morgan fingerprint density at radius 1 is 0.944 bits per heavy atom. The van der Waals surface area contributed by atoms with E-state index in [-0.39, 0.29) is 0 Å². The minimum absolute atomic E-state index is 0.590. The van der Waals surface area contributed by atoms with Crippen molar-refractivity contribution in [2.75, 3.05) is 5.73 Å².